The molecule has 2 radical (unpaired) electrons. The van der Waals surface area contributed by atoms with Crippen LogP contribution >= 0.6 is 0 Å². The summed E-state index contributed by atoms with van der Waals surface area (Å²) in [6.45, 7) is 0. The maximum absolute atomic E-state index is 12.8. The first-order valence-electron chi connectivity index (χ1n) is 6.04. The lowest BCUT2D eigenvalue weighted by molar-refractivity contribution is -0.0578. The second kappa shape index (κ2) is 7.03. The average molecular weight is 309 g/mol. The number of nitrogens with two attached hydrogens (primary N) is 3. The van der Waals surface area contributed by atoms with Gasteiger partial charge in [0.25, 0.3) is 0 Å². The Morgan fingerprint density at radius 1 is 1.27 bits per heavy atom. The molecule has 22 heavy (non-hydrogen) atoms. The molecular weight excluding hydrogens is 294 g/mol. The van der Waals surface area contributed by atoms with Gasteiger partial charge in [0.15, 0.2) is 0 Å². The third-order valence-corrected chi connectivity index (χ3v) is 2.51. The van der Waals surface area contributed by atoms with Crippen molar-refractivity contribution in [1.29, 1.82) is 0 Å². The van der Waals surface area contributed by atoms with Crippen LogP contribution in [-0.4, -0.2) is 31.8 Å². The van der Waals surface area contributed by atoms with E-state index in [0.29, 0.717) is 17.5 Å². The standard InChI is InChI=1S/C13H15BF3N5/c1-22(20)7-11(19)8-2-4-9(5-3-8)21-12(10(14)6-18)13(15,16)17/h2-7H,18-20H2,1H3/b10-6?,11-7-,21-12?. The van der Waals surface area contributed by atoms with E-state index >= 15 is 0 Å². The summed E-state index contributed by atoms with van der Waals surface area (Å²) >= 11 is 0. The highest BCUT2D eigenvalue weighted by Crippen LogP contribution is 2.25. The van der Waals surface area contributed by atoms with Gasteiger partial charge in [-0.3, -0.25) is 0 Å². The molecule has 6 N–H and O–H groups in total. The average Bonchev–Trinajstić information content (AvgIpc) is 2.42. The number of hydrogen-bond donors (Lipinski definition) is 3. The van der Waals surface area contributed by atoms with Crippen molar-refractivity contribution in [2.24, 2.45) is 22.3 Å². The molecule has 116 valence electrons. The molecule has 0 spiro atoms. The third-order valence-electron chi connectivity index (χ3n) is 2.51. The van der Waals surface area contributed by atoms with E-state index in [0.717, 1.165) is 0 Å². The number of benzene rings is 1. The number of hydrazine groups is 1. The molecule has 0 aliphatic heterocycles. The van der Waals surface area contributed by atoms with Gasteiger partial charge in [-0.2, -0.15) is 13.2 Å². The van der Waals surface area contributed by atoms with Gasteiger partial charge in [-0.25, -0.2) is 10.8 Å². The van der Waals surface area contributed by atoms with E-state index < -0.39 is 17.4 Å². The SMILES string of the molecule is [B]C(=CN)C(=Nc1ccc(/C(N)=C/N(C)N)cc1)C(F)(F)F. The first-order valence-corrected chi connectivity index (χ1v) is 6.04. The summed E-state index contributed by atoms with van der Waals surface area (Å²) in [5, 5.41) is 1.26. The lowest BCUT2D eigenvalue weighted by atomic mass is 9.91. The predicted molar refractivity (Wildman–Crippen MR) is 81.7 cm³/mol. The molecule has 0 aliphatic carbocycles. The van der Waals surface area contributed by atoms with Crippen LogP contribution in [0.2, 0.25) is 0 Å². The molecule has 0 fully saturated rings. The van der Waals surface area contributed by atoms with Crippen molar-refractivity contribution in [3.63, 3.8) is 0 Å². The summed E-state index contributed by atoms with van der Waals surface area (Å²) in [6.07, 6.45) is -2.59. The molecule has 1 rings (SSSR count). The zero-order valence-electron chi connectivity index (χ0n) is 11.8. The van der Waals surface area contributed by atoms with Crippen molar-refractivity contribution in [3.8, 4) is 0 Å². The molecule has 0 saturated carbocycles. The second-order valence-corrected chi connectivity index (χ2v) is 4.38. The molecular formula is C13H15BF3N5. The van der Waals surface area contributed by atoms with Crippen molar-refractivity contribution in [1.82, 2.24) is 5.01 Å². The van der Waals surface area contributed by atoms with Crippen molar-refractivity contribution in [3.05, 3.63) is 47.7 Å². The number of halogens is 3. The highest BCUT2D eigenvalue weighted by Gasteiger charge is 2.36. The van der Waals surface area contributed by atoms with Crippen LogP contribution in [-0.2, 0) is 0 Å². The number of rotatable bonds is 4. The van der Waals surface area contributed by atoms with Gasteiger partial charge in [0.2, 0.25) is 0 Å². The van der Waals surface area contributed by atoms with Crippen LogP contribution in [0.3, 0.4) is 0 Å². The Hall–Kier alpha value is -2.42. The Morgan fingerprint density at radius 2 is 1.82 bits per heavy atom. The van der Waals surface area contributed by atoms with Gasteiger partial charge in [0.05, 0.1) is 11.4 Å². The largest absolute Gasteiger partial charge is 0.432 e. The number of nitrogens with zero attached hydrogens (tertiary/aromatic N) is 2. The zero-order chi connectivity index (χ0) is 16.9. The fourth-order valence-corrected chi connectivity index (χ4v) is 1.52. The molecule has 0 amide bonds. The quantitative estimate of drug-likeness (QED) is 0.339. The summed E-state index contributed by atoms with van der Waals surface area (Å²) in [4.78, 5) is 3.48. The molecule has 0 atom stereocenters. The minimum Gasteiger partial charge on any atom is -0.405 e. The lowest BCUT2D eigenvalue weighted by Gasteiger charge is -2.11. The van der Waals surface area contributed by atoms with Crippen LogP contribution in [0, 0.1) is 0 Å². The number of hydrogen-bond acceptors (Lipinski definition) is 5. The Bertz CT molecular complexity index is 603. The maximum atomic E-state index is 12.8. The van der Waals surface area contributed by atoms with Crippen LogP contribution in [0.25, 0.3) is 5.70 Å². The lowest BCUT2D eigenvalue weighted by Crippen LogP contribution is -2.25. The highest BCUT2D eigenvalue weighted by atomic mass is 19.4. The second-order valence-electron chi connectivity index (χ2n) is 4.38. The van der Waals surface area contributed by atoms with Gasteiger partial charge < -0.3 is 16.5 Å². The van der Waals surface area contributed by atoms with E-state index in [-0.39, 0.29) is 5.69 Å². The molecule has 9 heteroatoms. The van der Waals surface area contributed by atoms with Crippen LogP contribution < -0.4 is 17.3 Å². The first kappa shape index (κ1) is 17.6. The van der Waals surface area contributed by atoms with Crippen molar-refractivity contribution in [2.75, 3.05) is 7.05 Å². The van der Waals surface area contributed by atoms with Crippen LogP contribution in [0.4, 0.5) is 18.9 Å². The molecule has 0 aliphatic rings. The summed E-state index contributed by atoms with van der Waals surface area (Å²) in [6, 6.07) is 5.79. The topological polar surface area (TPSA) is 93.7 Å². The molecule has 0 heterocycles. The first-order chi connectivity index (χ1) is 10.1. The van der Waals surface area contributed by atoms with E-state index in [1.807, 2.05) is 0 Å². The van der Waals surface area contributed by atoms with Crippen LogP contribution in [0.5, 0.6) is 0 Å². The van der Waals surface area contributed by atoms with Gasteiger partial charge >= 0.3 is 6.18 Å². The van der Waals surface area contributed by atoms with E-state index in [9.17, 15) is 13.2 Å². The van der Waals surface area contributed by atoms with Crippen molar-refractivity contribution >= 4 is 24.9 Å². The molecule has 5 nitrogen and oxygen atoms in total. The minimum atomic E-state index is -4.71. The normalized spacial score (nSPS) is 14.1. The Kier molecular flexibility index (Phi) is 5.64. The molecule has 0 saturated heterocycles. The maximum Gasteiger partial charge on any atom is 0.432 e. The molecule has 1 aromatic carbocycles. The third kappa shape index (κ3) is 4.85. The summed E-state index contributed by atoms with van der Waals surface area (Å²) in [5.74, 6) is 5.42. The molecule has 0 aromatic heterocycles. The fraction of sp³-hybridized carbons (Fsp3) is 0.154. The number of aliphatic imine (C=N–C) groups is 1. The van der Waals surface area contributed by atoms with Gasteiger partial charge in [-0.05, 0) is 23.9 Å². The fourth-order valence-electron chi connectivity index (χ4n) is 1.52. The van der Waals surface area contributed by atoms with Crippen LogP contribution in [0.15, 0.2) is 47.1 Å². The van der Waals surface area contributed by atoms with Crippen molar-refractivity contribution in [2.45, 2.75) is 6.18 Å². The monoisotopic (exact) mass is 309 g/mol. The Labute approximate surface area is 127 Å². The Morgan fingerprint density at radius 3 is 2.23 bits per heavy atom. The van der Waals surface area contributed by atoms with Gasteiger partial charge in [-0.1, -0.05) is 17.6 Å². The molecule has 1 aromatic rings. The highest BCUT2D eigenvalue weighted by molar-refractivity contribution is 6.39. The predicted octanol–water partition coefficient (Wildman–Crippen LogP) is 1.35. The van der Waals surface area contributed by atoms with E-state index in [2.05, 4.69) is 4.99 Å². The van der Waals surface area contributed by atoms with E-state index in [1.165, 1.54) is 35.5 Å². The Balaban J connectivity index is 3.16. The smallest absolute Gasteiger partial charge is 0.405 e. The summed E-state index contributed by atoms with van der Waals surface area (Å²) in [7, 11) is 6.81. The van der Waals surface area contributed by atoms with Gasteiger partial charge in [0.1, 0.15) is 13.6 Å². The summed E-state index contributed by atoms with van der Waals surface area (Å²) in [5.41, 5.74) is 9.89. The van der Waals surface area contributed by atoms with E-state index in [4.69, 9.17) is 25.2 Å². The van der Waals surface area contributed by atoms with Gasteiger partial charge in [-0.15, -0.1) is 0 Å². The number of allylic oxidation sites excluding steroid dienone is 1. The zero-order valence-corrected chi connectivity index (χ0v) is 11.8. The summed E-state index contributed by atoms with van der Waals surface area (Å²) < 4.78 is 38.5. The molecule has 0 unspecified atom stereocenters. The minimum absolute atomic E-state index is 0.0646. The van der Waals surface area contributed by atoms with Crippen molar-refractivity contribution < 1.29 is 13.2 Å². The van der Waals surface area contributed by atoms with Gasteiger partial charge in [0, 0.05) is 13.2 Å². The van der Waals surface area contributed by atoms with E-state index in [1.54, 1.807) is 7.05 Å². The number of alkyl halides is 3. The van der Waals surface area contributed by atoms with Crippen LogP contribution in [0.1, 0.15) is 5.56 Å². The molecule has 0 bridgehead atoms.